The Morgan fingerprint density at radius 1 is 1.04 bits per heavy atom. The zero-order valence-electron chi connectivity index (χ0n) is 12.5. The van der Waals surface area contributed by atoms with Crippen molar-refractivity contribution in [3.63, 3.8) is 0 Å². The van der Waals surface area contributed by atoms with Crippen LogP contribution in [0.4, 0.5) is 11.4 Å². The molecule has 24 heavy (non-hydrogen) atoms. The molecule has 128 valence electrons. The van der Waals surface area contributed by atoms with Crippen molar-refractivity contribution >= 4 is 43.0 Å². The van der Waals surface area contributed by atoms with E-state index in [9.17, 15) is 16.8 Å². The van der Waals surface area contributed by atoms with Crippen LogP contribution >= 0.6 is 11.6 Å². The number of nitrogens with one attached hydrogen (secondary N) is 1. The van der Waals surface area contributed by atoms with Gasteiger partial charge in [0, 0.05) is 12.2 Å². The molecule has 1 aliphatic rings. The van der Waals surface area contributed by atoms with Gasteiger partial charge in [0.15, 0.2) is 0 Å². The van der Waals surface area contributed by atoms with Crippen LogP contribution in [0.1, 0.15) is 6.42 Å². The third-order valence-corrected chi connectivity index (χ3v) is 7.38. The van der Waals surface area contributed by atoms with Crippen molar-refractivity contribution < 1.29 is 16.8 Å². The summed E-state index contributed by atoms with van der Waals surface area (Å²) in [6.07, 6.45) is 0.587. The van der Waals surface area contributed by atoms with Crippen molar-refractivity contribution in [2.24, 2.45) is 0 Å². The fourth-order valence-electron chi connectivity index (χ4n) is 2.50. The Kier molecular flexibility index (Phi) is 4.46. The predicted octanol–water partition coefficient (Wildman–Crippen LogP) is 2.68. The molecule has 1 saturated heterocycles. The normalized spacial score (nSPS) is 17.0. The molecule has 1 fully saturated rings. The summed E-state index contributed by atoms with van der Waals surface area (Å²) < 4.78 is 52.3. The topological polar surface area (TPSA) is 83.6 Å². The quantitative estimate of drug-likeness (QED) is 0.875. The number of benzene rings is 2. The van der Waals surface area contributed by atoms with Crippen LogP contribution in [0.3, 0.4) is 0 Å². The van der Waals surface area contributed by atoms with Gasteiger partial charge in [-0.15, -0.1) is 0 Å². The maximum atomic E-state index is 12.4. The summed E-state index contributed by atoms with van der Waals surface area (Å²) in [5.41, 5.74) is 0.850. The van der Waals surface area contributed by atoms with Crippen molar-refractivity contribution in [1.82, 2.24) is 0 Å². The summed E-state index contributed by atoms with van der Waals surface area (Å²) >= 11 is 5.93. The molecule has 0 atom stereocenters. The first-order valence-corrected chi connectivity index (χ1v) is 10.6. The summed E-state index contributed by atoms with van der Waals surface area (Å²) in [4.78, 5) is -0.0159. The zero-order chi connectivity index (χ0) is 17.4. The molecule has 0 bridgehead atoms. The molecular weight excluding hydrogens is 372 g/mol. The largest absolute Gasteiger partial charge is 0.280 e. The minimum atomic E-state index is -3.81. The lowest BCUT2D eigenvalue weighted by Gasteiger charge is -2.17. The van der Waals surface area contributed by atoms with E-state index in [2.05, 4.69) is 4.72 Å². The zero-order valence-corrected chi connectivity index (χ0v) is 14.9. The van der Waals surface area contributed by atoms with Crippen molar-refractivity contribution in [3.05, 3.63) is 53.6 Å². The van der Waals surface area contributed by atoms with Crippen LogP contribution in [-0.2, 0) is 20.0 Å². The maximum Gasteiger partial charge on any atom is 0.263 e. The Balaban J connectivity index is 1.83. The average molecular weight is 387 g/mol. The highest BCUT2D eigenvalue weighted by molar-refractivity contribution is 7.93. The number of hydrogen-bond donors (Lipinski definition) is 1. The van der Waals surface area contributed by atoms with Crippen LogP contribution in [0.5, 0.6) is 0 Å². The highest BCUT2D eigenvalue weighted by Crippen LogP contribution is 2.27. The number of hydrogen-bond acceptors (Lipinski definition) is 4. The third kappa shape index (κ3) is 3.35. The lowest BCUT2D eigenvalue weighted by molar-refractivity contribution is 0.598. The minimum absolute atomic E-state index is 0.0159. The predicted molar refractivity (Wildman–Crippen MR) is 94.5 cm³/mol. The van der Waals surface area contributed by atoms with E-state index in [0.29, 0.717) is 24.3 Å². The van der Waals surface area contributed by atoms with Gasteiger partial charge in [0.25, 0.3) is 10.0 Å². The number of rotatable bonds is 4. The lowest BCUT2D eigenvalue weighted by Crippen LogP contribution is -2.25. The third-order valence-electron chi connectivity index (χ3n) is 3.63. The van der Waals surface area contributed by atoms with E-state index in [4.69, 9.17) is 11.6 Å². The van der Waals surface area contributed by atoms with E-state index in [1.54, 1.807) is 24.3 Å². The number of halogens is 1. The highest BCUT2D eigenvalue weighted by atomic mass is 35.5. The van der Waals surface area contributed by atoms with E-state index in [-0.39, 0.29) is 15.7 Å². The lowest BCUT2D eigenvalue weighted by atomic mass is 10.3. The van der Waals surface area contributed by atoms with E-state index in [0.717, 1.165) is 0 Å². The molecule has 2 aromatic rings. The van der Waals surface area contributed by atoms with Gasteiger partial charge < -0.3 is 0 Å². The van der Waals surface area contributed by atoms with Crippen LogP contribution < -0.4 is 9.03 Å². The Labute approximate surface area is 146 Å². The molecule has 2 aromatic carbocycles. The molecule has 6 nitrogen and oxygen atoms in total. The molecule has 3 rings (SSSR count). The second-order valence-corrected chi connectivity index (χ2v) is 9.40. The molecule has 0 aromatic heterocycles. The number of sulfonamides is 2. The van der Waals surface area contributed by atoms with Crippen LogP contribution in [-0.4, -0.2) is 29.1 Å². The first-order valence-electron chi connectivity index (χ1n) is 7.17. The van der Waals surface area contributed by atoms with Crippen LogP contribution in [0, 0.1) is 0 Å². The van der Waals surface area contributed by atoms with Gasteiger partial charge in [-0.05, 0) is 42.8 Å². The molecule has 0 radical (unpaired) electrons. The molecular formula is C15H15ClN2O4S2. The molecule has 0 unspecified atom stereocenters. The van der Waals surface area contributed by atoms with Gasteiger partial charge in [-0.3, -0.25) is 9.03 Å². The summed E-state index contributed by atoms with van der Waals surface area (Å²) in [5, 5.41) is 0.129. The average Bonchev–Trinajstić information content (AvgIpc) is 2.87. The summed E-state index contributed by atoms with van der Waals surface area (Å²) in [6.45, 7) is 0.438. The van der Waals surface area contributed by atoms with Gasteiger partial charge in [-0.25, -0.2) is 16.8 Å². The monoisotopic (exact) mass is 386 g/mol. The van der Waals surface area contributed by atoms with Gasteiger partial charge in [-0.1, -0.05) is 23.7 Å². The molecule has 1 aliphatic heterocycles. The van der Waals surface area contributed by atoms with E-state index >= 15 is 0 Å². The minimum Gasteiger partial charge on any atom is -0.280 e. The van der Waals surface area contributed by atoms with Gasteiger partial charge in [0.1, 0.15) is 4.90 Å². The fourth-order valence-corrected chi connectivity index (χ4v) is 5.64. The fraction of sp³-hybridized carbons (Fsp3) is 0.200. The molecule has 1 N–H and O–H groups in total. The second-order valence-electron chi connectivity index (χ2n) is 5.32. The summed E-state index contributed by atoms with van der Waals surface area (Å²) in [5.74, 6) is 0.133. The Hall–Kier alpha value is -1.77. The Bertz CT molecular complexity index is 957. The van der Waals surface area contributed by atoms with Gasteiger partial charge in [0.05, 0.1) is 16.5 Å². The maximum absolute atomic E-state index is 12.4. The van der Waals surface area contributed by atoms with Gasteiger partial charge in [0.2, 0.25) is 10.0 Å². The van der Waals surface area contributed by atoms with Crippen molar-refractivity contribution in [1.29, 1.82) is 0 Å². The van der Waals surface area contributed by atoms with Gasteiger partial charge in [-0.2, -0.15) is 0 Å². The first-order chi connectivity index (χ1) is 11.3. The molecule has 1 heterocycles. The molecule has 0 spiro atoms. The standard InChI is InChI=1S/C15H15ClN2O4S2/c16-14-4-1-2-5-15(14)24(21,22)17-12-6-8-13(9-7-12)18-10-3-11-23(18,19)20/h1-2,4-9,17H,3,10-11H2. The van der Waals surface area contributed by atoms with Gasteiger partial charge >= 0.3 is 0 Å². The summed E-state index contributed by atoms with van der Waals surface area (Å²) in [6, 6.07) is 12.3. The second kappa shape index (κ2) is 6.27. The van der Waals surface area contributed by atoms with Crippen molar-refractivity contribution in [2.45, 2.75) is 11.3 Å². The first kappa shape index (κ1) is 17.1. The number of anilines is 2. The Morgan fingerprint density at radius 3 is 2.29 bits per heavy atom. The van der Waals surface area contributed by atoms with E-state index in [1.807, 2.05) is 0 Å². The summed E-state index contributed by atoms with van der Waals surface area (Å²) in [7, 11) is -7.07. The molecule has 0 amide bonds. The smallest absolute Gasteiger partial charge is 0.263 e. The van der Waals surface area contributed by atoms with Crippen molar-refractivity contribution in [3.8, 4) is 0 Å². The van der Waals surface area contributed by atoms with Crippen LogP contribution in [0.2, 0.25) is 5.02 Å². The molecule has 0 aliphatic carbocycles. The van der Waals surface area contributed by atoms with Crippen LogP contribution in [0.25, 0.3) is 0 Å². The van der Waals surface area contributed by atoms with E-state index < -0.39 is 20.0 Å². The van der Waals surface area contributed by atoms with E-state index in [1.165, 1.54) is 28.6 Å². The molecule has 9 heteroatoms. The van der Waals surface area contributed by atoms with Crippen molar-refractivity contribution in [2.75, 3.05) is 21.3 Å². The highest BCUT2D eigenvalue weighted by Gasteiger charge is 2.28. The molecule has 0 saturated carbocycles. The Morgan fingerprint density at radius 2 is 1.71 bits per heavy atom. The number of nitrogens with zero attached hydrogens (tertiary/aromatic N) is 1. The van der Waals surface area contributed by atoms with Crippen LogP contribution in [0.15, 0.2) is 53.4 Å². The SMILES string of the molecule is O=S(=O)(Nc1ccc(N2CCCS2(=O)=O)cc1)c1ccccc1Cl.